The van der Waals surface area contributed by atoms with E-state index in [1.807, 2.05) is 37.3 Å². The molecule has 1 N–H and O–H groups in total. The first-order valence-electron chi connectivity index (χ1n) is 14.3. The second-order valence-electron chi connectivity index (χ2n) is 11.0. The van der Waals surface area contributed by atoms with Crippen molar-refractivity contribution in [2.75, 3.05) is 36.4 Å². The molecule has 0 spiro atoms. The molecule has 0 bridgehead atoms. The van der Waals surface area contributed by atoms with Crippen LogP contribution in [0.3, 0.4) is 0 Å². The molecule has 5 rings (SSSR count). The van der Waals surface area contributed by atoms with E-state index in [0.29, 0.717) is 30.6 Å². The van der Waals surface area contributed by atoms with Gasteiger partial charge in [0, 0.05) is 55.6 Å². The van der Waals surface area contributed by atoms with E-state index in [4.69, 9.17) is 9.72 Å². The maximum absolute atomic E-state index is 12.7. The molecule has 0 unspecified atom stereocenters. The highest BCUT2D eigenvalue weighted by Crippen LogP contribution is 2.24. The Morgan fingerprint density at radius 2 is 1.63 bits per heavy atom. The molecular weight excluding hydrogens is 516 g/mol. The van der Waals surface area contributed by atoms with Crippen LogP contribution in [0.25, 0.3) is 11.0 Å². The number of aromatic nitrogens is 3. The molecule has 2 atom stereocenters. The summed E-state index contributed by atoms with van der Waals surface area (Å²) in [4.78, 5) is 38.5. The predicted octanol–water partition coefficient (Wildman–Crippen LogP) is 5.64. The van der Waals surface area contributed by atoms with Gasteiger partial charge in [-0.1, -0.05) is 56.3 Å². The van der Waals surface area contributed by atoms with Gasteiger partial charge in [-0.05, 0) is 49.1 Å². The topological polar surface area (TPSA) is 92.6 Å². The second-order valence-corrected chi connectivity index (χ2v) is 11.0. The van der Waals surface area contributed by atoms with Crippen LogP contribution in [0.1, 0.15) is 50.9 Å². The second kappa shape index (κ2) is 12.4. The van der Waals surface area contributed by atoms with Gasteiger partial charge in [0.25, 0.3) is 5.56 Å². The number of pyridine rings is 1. The number of anilines is 2. The number of hydrogen-bond donors (Lipinski definition) is 1. The number of carbonyl (C=O) groups is 1. The Labute approximate surface area is 240 Å². The maximum Gasteiger partial charge on any atom is 0.410 e. The molecule has 1 fully saturated rings. The number of amides is 1. The average molecular weight is 555 g/mol. The molecule has 1 amide bonds. The molecule has 9 heteroatoms. The van der Waals surface area contributed by atoms with Gasteiger partial charge in [-0.15, -0.1) is 0 Å². The molecular formula is C32H38N6O3. The average Bonchev–Trinajstić information content (AvgIpc) is 3.00. The zero-order chi connectivity index (χ0) is 28.9. The smallest absolute Gasteiger partial charge is 0.410 e. The molecule has 41 heavy (non-hydrogen) atoms. The van der Waals surface area contributed by atoms with Crippen LogP contribution in [0, 0.1) is 5.92 Å². The third kappa shape index (κ3) is 6.51. The summed E-state index contributed by atoms with van der Waals surface area (Å²) in [5.74, 6) is 0.776. The molecule has 2 aromatic heterocycles. The number of hydrogen-bond acceptors (Lipinski definition) is 7. The van der Waals surface area contributed by atoms with Crippen LogP contribution in [0.15, 0.2) is 77.7 Å². The summed E-state index contributed by atoms with van der Waals surface area (Å²) in [6.07, 6.45) is 1.50. The highest BCUT2D eigenvalue weighted by molar-refractivity contribution is 5.75. The highest BCUT2D eigenvalue weighted by Gasteiger charge is 2.23. The molecule has 9 nitrogen and oxygen atoms in total. The quantitative estimate of drug-likeness (QED) is 0.301. The van der Waals surface area contributed by atoms with Gasteiger partial charge in [0.2, 0.25) is 5.95 Å². The van der Waals surface area contributed by atoms with Crippen molar-refractivity contribution in [3.8, 4) is 0 Å². The van der Waals surface area contributed by atoms with Gasteiger partial charge in [0.1, 0.15) is 12.3 Å². The summed E-state index contributed by atoms with van der Waals surface area (Å²) >= 11 is 0. The van der Waals surface area contributed by atoms with Gasteiger partial charge in [0.15, 0.2) is 0 Å². The number of benzene rings is 2. The summed E-state index contributed by atoms with van der Waals surface area (Å²) < 4.78 is 7.25. The van der Waals surface area contributed by atoms with E-state index >= 15 is 0 Å². The van der Waals surface area contributed by atoms with Crippen LogP contribution in [-0.4, -0.2) is 51.7 Å². The third-order valence-corrected chi connectivity index (χ3v) is 7.89. The van der Waals surface area contributed by atoms with E-state index in [1.165, 1.54) is 0 Å². The summed E-state index contributed by atoms with van der Waals surface area (Å²) in [6, 6.07) is 21.5. The molecule has 0 radical (unpaired) electrons. The van der Waals surface area contributed by atoms with Crippen LogP contribution in [0.5, 0.6) is 0 Å². The number of fused-ring (bicyclic) bond motifs is 1. The number of carbonyl (C=O) groups excluding carboxylic acids is 1. The normalized spacial score (nSPS) is 15.1. The fraction of sp³-hybridized carbons (Fsp3) is 0.375. The molecule has 1 aliphatic rings. The molecule has 4 aromatic rings. The lowest BCUT2D eigenvalue weighted by Crippen LogP contribution is -2.48. The maximum atomic E-state index is 12.7. The Balaban J connectivity index is 1.19. The lowest BCUT2D eigenvalue weighted by molar-refractivity contribution is 0.0942. The van der Waals surface area contributed by atoms with Gasteiger partial charge < -0.3 is 19.9 Å². The third-order valence-electron chi connectivity index (χ3n) is 7.89. The molecule has 3 heterocycles. The van der Waals surface area contributed by atoms with E-state index in [0.717, 1.165) is 35.3 Å². The largest absolute Gasteiger partial charge is 0.445 e. The molecule has 1 aliphatic heterocycles. The van der Waals surface area contributed by atoms with Gasteiger partial charge in [0.05, 0.1) is 6.04 Å². The Bertz CT molecular complexity index is 1530. The summed E-state index contributed by atoms with van der Waals surface area (Å²) in [7, 11) is 0. The van der Waals surface area contributed by atoms with Crippen molar-refractivity contribution in [2.45, 2.75) is 46.4 Å². The Morgan fingerprint density at radius 1 is 0.927 bits per heavy atom. The minimum Gasteiger partial charge on any atom is -0.445 e. The SMILES string of the molecule is CC(C)[C@H](C)n1c(=O)ccc2cnc(N[C@@H](C)c3ccc(N4CCN(C(=O)OCc5ccccc5)CC4)cc3)nc21. The minimum atomic E-state index is -0.268. The summed E-state index contributed by atoms with van der Waals surface area (Å²) in [5, 5.41) is 4.23. The van der Waals surface area contributed by atoms with E-state index in [-0.39, 0.29) is 30.3 Å². The predicted molar refractivity (Wildman–Crippen MR) is 162 cm³/mol. The van der Waals surface area contributed by atoms with E-state index in [1.54, 1.807) is 27.8 Å². The number of nitrogens with zero attached hydrogens (tertiary/aromatic N) is 5. The van der Waals surface area contributed by atoms with Crippen molar-refractivity contribution >= 4 is 28.8 Å². The monoisotopic (exact) mass is 554 g/mol. The van der Waals surface area contributed by atoms with Crippen molar-refractivity contribution in [3.63, 3.8) is 0 Å². The number of ether oxygens (including phenoxy) is 1. The fourth-order valence-electron chi connectivity index (χ4n) is 5.01. The fourth-order valence-corrected chi connectivity index (χ4v) is 5.01. The van der Waals surface area contributed by atoms with Crippen molar-refractivity contribution in [2.24, 2.45) is 5.92 Å². The summed E-state index contributed by atoms with van der Waals surface area (Å²) in [6.45, 7) is 11.3. The van der Waals surface area contributed by atoms with Crippen LogP contribution in [0.2, 0.25) is 0 Å². The van der Waals surface area contributed by atoms with Gasteiger partial charge in [-0.3, -0.25) is 9.36 Å². The molecule has 214 valence electrons. The number of nitrogens with one attached hydrogen (secondary N) is 1. The first kappa shape index (κ1) is 28.1. The molecule has 0 saturated carbocycles. The first-order chi connectivity index (χ1) is 19.8. The Kier molecular flexibility index (Phi) is 8.52. The van der Waals surface area contributed by atoms with Crippen LogP contribution in [-0.2, 0) is 11.3 Å². The van der Waals surface area contributed by atoms with E-state index in [2.05, 4.69) is 60.2 Å². The molecule has 1 saturated heterocycles. The highest BCUT2D eigenvalue weighted by atomic mass is 16.6. The lowest BCUT2D eigenvalue weighted by Gasteiger charge is -2.35. The first-order valence-corrected chi connectivity index (χ1v) is 14.3. The zero-order valence-corrected chi connectivity index (χ0v) is 24.2. The standard InChI is InChI=1S/C32H38N6O3/c1-22(2)24(4)38-29(39)15-12-27-20-33-31(35-30(27)38)34-23(3)26-10-13-28(14-11-26)36-16-18-37(19-17-36)32(40)41-21-25-8-6-5-7-9-25/h5-15,20,22-24H,16-19,21H2,1-4H3,(H,33,34,35)/t23-,24-/m0/s1. The van der Waals surface area contributed by atoms with Crippen LogP contribution < -0.4 is 15.8 Å². The molecule has 2 aromatic carbocycles. The van der Waals surface area contributed by atoms with Crippen molar-refractivity contribution in [1.82, 2.24) is 19.4 Å². The van der Waals surface area contributed by atoms with Gasteiger partial charge in [-0.2, -0.15) is 4.98 Å². The van der Waals surface area contributed by atoms with Crippen molar-refractivity contribution in [3.05, 3.63) is 94.4 Å². The van der Waals surface area contributed by atoms with Crippen LogP contribution >= 0.6 is 0 Å². The van der Waals surface area contributed by atoms with Crippen molar-refractivity contribution in [1.29, 1.82) is 0 Å². The van der Waals surface area contributed by atoms with E-state index in [9.17, 15) is 9.59 Å². The van der Waals surface area contributed by atoms with Crippen LogP contribution in [0.4, 0.5) is 16.4 Å². The van der Waals surface area contributed by atoms with Gasteiger partial charge >= 0.3 is 6.09 Å². The lowest BCUT2D eigenvalue weighted by atomic mass is 10.1. The summed E-state index contributed by atoms with van der Waals surface area (Å²) in [5.41, 5.74) is 3.78. The molecule has 0 aliphatic carbocycles. The Hall–Kier alpha value is -4.40. The zero-order valence-electron chi connectivity index (χ0n) is 24.2. The number of rotatable bonds is 8. The van der Waals surface area contributed by atoms with Crippen molar-refractivity contribution < 1.29 is 9.53 Å². The number of piperazine rings is 1. The minimum absolute atomic E-state index is 0.0146. The Morgan fingerprint density at radius 3 is 2.32 bits per heavy atom. The van der Waals surface area contributed by atoms with E-state index < -0.39 is 0 Å². The van der Waals surface area contributed by atoms with Gasteiger partial charge in [-0.25, -0.2) is 9.78 Å².